The Kier molecular flexibility index (Phi) is 7.52. The monoisotopic (exact) mass is 669 g/mol. The van der Waals surface area contributed by atoms with E-state index in [9.17, 15) is 24.6 Å². The number of piperidine rings is 1. The first-order chi connectivity index (χ1) is 23.0. The molecule has 2 heterocycles. The maximum absolute atomic E-state index is 14.0. The van der Waals surface area contributed by atoms with Crippen LogP contribution in [-0.2, 0) is 33.3 Å². The molecule has 7 fully saturated rings. The number of methoxy groups -OCH3 is 4. The fraction of sp³-hybridized carbons (Fsp3) is 0.750. The second-order valence-electron chi connectivity index (χ2n) is 15.6. The number of esters is 1. The highest BCUT2D eigenvalue weighted by atomic mass is 16.5. The SMILES string of the molecule is CC[NH+]1CC2(COC(=O)c3ccccc3N3C(=O)CCC3=O)CCC(OC)C34C5CC6C(OC)CC(O)(C5C6OC)C(O)(C(OC)C23)C14. The third kappa shape index (κ3) is 3.67. The zero-order chi connectivity index (χ0) is 34.0. The number of nitrogens with zero attached hydrogens (tertiary/aromatic N) is 1. The number of amides is 2. The Bertz CT molecular complexity index is 1510. The number of anilines is 1. The molecule has 1 aromatic carbocycles. The molecule has 2 saturated heterocycles. The maximum Gasteiger partial charge on any atom is 0.340 e. The third-order valence-corrected chi connectivity index (χ3v) is 14.4. The predicted octanol–water partition coefficient (Wildman–Crippen LogP) is 0.372. The Hall–Kier alpha value is -2.45. The highest BCUT2D eigenvalue weighted by Gasteiger charge is 2.93. The van der Waals surface area contributed by atoms with Gasteiger partial charge in [0.05, 0.1) is 59.6 Å². The molecule has 5 aliphatic carbocycles. The molecule has 5 saturated carbocycles. The van der Waals surface area contributed by atoms with Crippen LogP contribution in [0, 0.1) is 34.5 Å². The number of quaternary nitrogens is 1. The molecule has 12 nitrogen and oxygen atoms in total. The van der Waals surface area contributed by atoms with Crippen molar-refractivity contribution >= 4 is 23.5 Å². The second-order valence-corrected chi connectivity index (χ2v) is 15.6. The van der Waals surface area contributed by atoms with Gasteiger partial charge in [0.1, 0.15) is 18.2 Å². The number of aliphatic hydroxyl groups is 2. The summed E-state index contributed by atoms with van der Waals surface area (Å²) in [5.41, 5.74) is -4.01. The lowest BCUT2D eigenvalue weighted by atomic mass is 9.42. The molecule has 2 aliphatic heterocycles. The van der Waals surface area contributed by atoms with E-state index in [1.807, 2.05) is 0 Å². The minimum Gasteiger partial charge on any atom is -0.461 e. The summed E-state index contributed by atoms with van der Waals surface area (Å²) in [6.07, 6.45) is 1.08. The van der Waals surface area contributed by atoms with Crippen molar-refractivity contribution in [3.8, 4) is 0 Å². The molecule has 1 aromatic rings. The van der Waals surface area contributed by atoms with Gasteiger partial charge in [-0.1, -0.05) is 12.1 Å². The summed E-state index contributed by atoms with van der Waals surface area (Å²) in [5.74, 6) is -1.92. The first kappa shape index (κ1) is 32.7. The molecule has 0 aromatic heterocycles. The number of rotatable bonds is 9. The number of fused-ring (bicyclic) bond motifs is 2. The average Bonchev–Trinajstić information content (AvgIpc) is 3.66. The van der Waals surface area contributed by atoms with Gasteiger partial charge in [0.2, 0.25) is 11.8 Å². The highest BCUT2D eigenvalue weighted by molar-refractivity contribution is 6.21. The minimum atomic E-state index is -1.66. The van der Waals surface area contributed by atoms with Gasteiger partial charge in [-0.25, -0.2) is 9.69 Å². The van der Waals surface area contributed by atoms with E-state index < -0.39 is 34.1 Å². The molecule has 12 heteroatoms. The van der Waals surface area contributed by atoms with Crippen molar-refractivity contribution in [3.05, 3.63) is 29.8 Å². The first-order valence-electron chi connectivity index (χ1n) is 17.6. The van der Waals surface area contributed by atoms with Gasteiger partial charge < -0.3 is 38.8 Å². The van der Waals surface area contributed by atoms with Crippen molar-refractivity contribution in [2.45, 2.75) is 87.1 Å². The molecule has 8 rings (SSSR count). The molecule has 3 N–H and O–H groups in total. The van der Waals surface area contributed by atoms with Crippen LogP contribution in [-0.4, -0.2) is 118 Å². The first-order valence-corrected chi connectivity index (χ1v) is 17.6. The molecule has 14 atom stereocenters. The van der Waals surface area contributed by atoms with Crippen molar-refractivity contribution in [2.24, 2.45) is 34.5 Å². The Labute approximate surface area is 280 Å². The third-order valence-electron chi connectivity index (χ3n) is 14.4. The summed E-state index contributed by atoms with van der Waals surface area (Å²) in [6.45, 7) is 3.47. The van der Waals surface area contributed by atoms with Crippen LogP contribution in [0.25, 0.3) is 0 Å². The van der Waals surface area contributed by atoms with Gasteiger partial charge in [-0.3, -0.25) is 9.59 Å². The van der Waals surface area contributed by atoms with E-state index in [0.717, 1.165) is 16.2 Å². The largest absolute Gasteiger partial charge is 0.461 e. The van der Waals surface area contributed by atoms with Crippen molar-refractivity contribution in [2.75, 3.05) is 53.0 Å². The lowest BCUT2D eigenvalue weighted by molar-refractivity contribution is -0.956. The molecule has 14 unspecified atom stereocenters. The van der Waals surface area contributed by atoms with Gasteiger partial charge >= 0.3 is 5.97 Å². The van der Waals surface area contributed by atoms with E-state index in [4.69, 9.17) is 23.7 Å². The number of hydrogen-bond acceptors (Lipinski definition) is 10. The number of likely N-dealkylation sites (tertiary alicyclic amines) is 1. The summed E-state index contributed by atoms with van der Waals surface area (Å²) in [4.78, 5) is 41.5. The average molecular weight is 670 g/mol. The molecular weight excluding hydrogens is 620 g/mol. The van der Waals surface area contributed by atoms with E-state index in [0.29, 0.717) is 25.9 Å². The molecule has 1 spiro atoms. The van der Waals surface area contributed by atoms with Crippen molar-refractivity contribution in [1.82, 2.24) is 0 Å². The number of benzene rings is 1. The van der Waals surface area contributed by atoms with Crippen LogP contribution >= 0.6 is 0 Å². The molecule has 2 amide bonds. The van der Waals surface area contributed by atoms with Crippen molar-refractivity contribution in [3.63, 3.8) is 0 Å². The quantitative estimate of drug-likeness (QED) is 0.249. The maximum atomic E-state index is 14.0. The molecule has 7 bridgehead atoms. The van der Waals surface area contributed by atoms with Gasteiger partial charge in [0, 0.05) is 65.5 Å². The van der Waals surface area contributed by atoms with Crippen LogP contribution < -0.4 is 9.80 Å². The van der Waals surface area contributed by atoms with E-state index in [1.165, 1.54) is 0 Å². The smallest absolute Gasteiger partial charge is 0.340 e. The van der Waals surface area contributed by atoms with Gasteiger partial charge in [-0.15, -0.1) is 0 Å². The number of hydrogen-bond donors (Lipinski definition) is 3. The molecule has 0 radical (unpaired) electrons. The number of imide groups is 1. The lowest BCUT2D eigenvalue weighted by Gasteiger charge is -2.67. The Morgan fingerprint density at radius 1 is 1.02 bits per heavy atom. The summed E-state index contributed by atoms with van der Waals surface area (Å²) in [7, 11) is 6.73. The Morgan fingerprint density at radius 2 is 1.75 bits per heavy atom. The standard InChI is InChI=1S/C36H48N2O10/c1-6-37-17-33(18-48-31(41)19-9-7-8-10-22(19)38-25(39)11-12-26(38)40)14-13-24(45-3)35-21-15-20-23(44-2)16-34(42,27(21)28(20)46-4)36(43,32(35)37)30(47-5)29(33)35/h7-10,20-21,23-24,27-30,32,42-43H,6,11-18H2,1-5H3/p+1. The number of nitrogens with one attached hydrogen (secondary N) is 1. The van der Waals surface area contributed by atoms with Gasteiger partial charge in [0.15, 0.2) is 5.60 Å². The van der Waals surface area contributed by atoms with Crippen LogP contribution in [0.2, 0.25) is 0 Å². The minimum absolute atomic E-state index is 0.0527. The van der Waals surface area contributed by atoms with Crippen LogP contribution in [0.15, 0.2) is 24.3 Å². The predicted molar refractivity (Wildman–Crippen MR) is 169 cm³/mol. The van der Waals surface area contributed by atoms with Gasteiger partial charge in [0.25, 0.3) is 0 Å². The van der Waals surface area contributed by atoms with E-state index in [2.05, 4.69) is 6.92 Å². The van der Waals surface area contributed by atoms with Crippen LogP contribution in [0.5, 0.6) is 0 Å². The summed E-state index contributed by atoms with van der Waals surface area (Å²) < 4.78 is 31.4. The van der Waals surface area contributed by atoms with Crippen LogP contribution in [0.1, 0.15) is 55.8 Å². The zero-order valence-electron chi connectivity index (χ0n) is 28.5. The summed E-state index contributed by atoms with van der Waals surface area (Å²) >= 11 is 0. The van der Waals surface area contributed by atoms with Crippen LogP contribution in [0.4, 0.5) is 5.69 Å². The van der Waals surface area contributed by atoms with E-state index in [-0.39, 0.29) is 97.0 Å². The molecular formula is C36H49N2O10+. The topological polar surface area (TPSA) is 146 Å². The molecule has 262 valence electrons. The van der Waals surface area contributed by atoms with E-state index >= 15 is 0 Å². The summed E-state index contributed by atoms with van der Waals surface area (Å²) in [6, 6.07) is 6.21. The normalized spacial score (nSPS) is 48.3. The number of ether oxygens (including phenoxy) is 5. The number of carbonyl (C=O) groups is 3. The second kappa shape index (κ2) is 11.0. The highest BCUT2D eigenvalue weighted by Crippen LogP contribution is 2.78. The van der Waals surface area contributed by atoms with Crippen molar-refractivity contribution in [1.29, 1.82) is 0 Å². The molecule has 7 aliphatic rings. The lowest BCUT2D eigenvalue weighted by Crippen LogP contribution is -3.23. The number of likely N-dealkylation sites (N-methyl/N-ethyl adjacent to an activating group) is 1. The Balaban J connectivity index is 1.24. The fourth-order valence-electron chi connectivity index (χ4n) is 13.2. The number of para-hydroxylation sites is 1. The fourth-order valence-corrected chi connectivity index (χ4v) is 13.2. The number of carbonyl (C=O) groups excluding carboxylic acids is 3. The van der Waals surface area contributed by atoms with Gasteiger partial charge in [-0.2, -0.15) is 0 Å². The Morgan fingerprint density at radius 3 is 2.40 bits per heavy atom. The summed E-state index contributed by atoms with van der Waals surface area (Å²) in [5, 5.41) is 26.6. The molecule has 48 heavy (non-hydrogen) atoms. The van der Waals surface area contributed by atoms with Crippen LogP contribution in [0.3, 0.4) is 0 Å². The van der Waals surface area contributed by atoms with E-state index in [1.54, 1.807) is 52.7 Å². The van der Waals surface area contributed by atoms with Gasteiger partial charge in [-0.05, 0) is 44.2 Å². The van der Waals surface area contributed by atoms with Crippen molar-refractivity contribution < 1.29 is 53.2 Å². The zero-order valence-corrected chi connectivity index (χ0v) is 28.5.